The summed E-state index contributed by atoms with van der Waals surface area (Å²) in [5.74, 6) is 0. The minimum Gasteiger partial charge on any atom is -0.377 e. The molecule has 90 valence electrons. The van der Waals surface area contributed by atoms with Gasteiger partial charge in [-0.2, -0.15) is 0 Å². The fourth-order valence-corrected chi connectivity index (χ4v) is 3.04. The molecule has 0 bridgehead atoms. The van der Waals surface area contributed by atoms with Crippen LogP contribution in [-0.4, -0.2) is 18.0 Å². The molecule has 1 aromatic rings. The molecular formula is C16H21N. The van der Waals surface area contributed by atoms with E-state index in [-0.39, 0.29) is 0 Å². The van der Waals surface area contributed by atoms with Crippen molar-refractivity contribution in [1.82, 2.24) is 4.90 Å². The molecule has 1 heteroatoms. The van der Waals surface area contributed by atoms with Gasteiger partial charge in [0.25, 0.3) is 0 Å². The van der Waals surface area contributed by atoms with Crippen molar-refractivity contribution in [3.05, 3.63) is 41.1 Å². The van der Waals surface area contributed by atoms with Crippen LogP contribution in [0.3, 0.4) is 0 Å². The van der Waals surface area contributed by atoms with E-state index in [1.807, 2.05) is 0 Å². The molecular weight excluding hydrogens is 206 g/mol. The molecule has 1 fully saturated rings. The molecule has 0 atom stereocenters. The summed E-state index contributed by atoms with van der Waals surface area (Å²) in [7, 11) is 0. The minimum atomic E-state index is 1.24. The lowest BCUT2D eigenvalue weighted by Gasteiger charge is -2.18. The van der Waals surface area contributed by atoms with Crippen molar-refractivity contribution in [3.8, 4) is 0 Å². The second-order valence-electron chi connectivity index (χ2n) is 5.25. The third-order valence-electron chi connectivity index (χ3n) is 4.04. The fourth-order valence-electron chi connectivity index (χ4n) is 3.04. The zero-order valence-corrected chi connectivity index (χ0v) is 10.5. The molecule has 0 radical (unpaired) electrons. The molecule has 0 aromatic heterocycles. The van der Waals surface area contributed by atoms with Crippen molar-refractivity contribution in [1.29, 1.82) is 0 Å². The van der Waals surface area contributed by atoms with Crippen LogP contribution in [0.4, 0.5) is 0 Å². The van der Waals surface area contributed by atoms with E-state index in [1.165, 1.54) is 57.2 Å². The average molecular weight is 227 g/mol. The predicted molar refractivity (Wildman–Crippen MR) is 72.9 cm³/mol. The SMILES string of the molecule is C(=CN1CCCC1)c1cccc2c1CCCC2. The van der Waals surface area contributed by atoms with Crippen molar-refractivity contribution in [2.24, 2.45) is 0 Å². The molecule has 17 heavy (non-hydrogen) atoms. The van der Waals surface area contributed by atoms with Gasteiger partial charge in [-0.25, -0.2) is 0 Å². The summed E-state index contributed by atoms with van der Waals surface area (Å²) in [5.41, 5.74) is 4.64. The van der Waals surface area contributed by atoms with Crippen LogP contribution in [0.15, 0.2) is 24.4 Å². The number of aryl methyl sites for hydroxylation is 1. The second-order valence-corrected chi connectivity index (χ2v) is 5.25. The lowest BCUT2D eigenvalue weighted by molar-refractivity contribution is 0.471. The summed E-state index contributed by atoms with van der Waals surface area (Å²) in [6.45, 7) is 2.48. The molecule has 1 aromatic carbocycles. The maximum absolute atomic E-state index is 2.45. The zero-order chi connectivity index (χ0) is 11.5. The lowest BCUT2D eigenvalue weighted by atomic mass is 9.88. The molecule has 1 nitrogen and oxygen atoms in total. The Bertz CT molecular complexity index is 414. The van der Waals surface area contributed by atoms with Gasteiger partial charge in [-0.15, -0.1) is 0 Å². The highest BCUT2D eigenvalue weighted by atomic mass is 15.1. The van der Waals surface area contributed by atoms with E-state index in [4.69, 9.17) is 0 Å². The molecule has 0 N–H and O–H groups in total. The van der Waals surface area contributed by atoms with Crippen LogP contribution in [0.5, 0.6) is 0 Å². The van der Waals surface area contributed by atoms with Crippen molar-refractivity contribution in [2.45, 2.75) is 38.5 Å². The maximum Gasteiger partial charge on any atom is 0.0173 e. The predicted octanol–water partition coefficient (Wildman–Crippen LogP) is 3.63. The van der Waals surface area contributed by atoms with Crippen LogP contribution in [-0.2, 0) is 12.8 Å². The number of hydrogen-bond donors (Lipinski definition) is 0. The molecule has 1 heterocycles. The van der Waals surface area contributed by atoms with E-state index < -0.39 is 0 Å². The van der Waals surface area contributed by atoms with Crippen molar-refractivity contribution < 1.29 is 0 Å². The Morgan fingerprint density at radius 2 is 1.76 bits per heavy atom. The number of benzene rings is 1. The third kappa shape index (κ3) is 2.38. The van der Waals surface area contributed by atoms with E-state index in [9.17, 15) is 0 Å². The first-order chi connectivity index (χ1) is 8.43. The number of likely N-dealkylation sites (tertiary alicyclic amines) is 1. The van der Waals surface area contributed by atoms with Gasteiger partial charge in [-0.3, -0.25) is 0 Å². The molecule has 0 unspecified atom stereocenters. The van der Waals surface area contributed by atoms with Crippen LogP contribution < -0.4 is 0 Å². The number of hydrogen-bond acceptors (Lipinski definition) is 1. The van der Waals surface area contributed by atoms with Crippen LogP contribution >= 0.6 is 0 Å². The van der Waals surface area contributed by atoms with Gasteiger partial charge in [0.05, 0.1) is 0 Å². The Morgan fingerprint density at radius 3 is 2.65 bits per heavy atom. The Kier molecular flexibility index (Phi) is 3.17. The second kappa shape index (κ2) is 4.95. The van der Waals surface area contributed by atoms with Crippen LogP contribution in [0.25, 0.3) is 6.08 Å². The molecule has 0 spiro atoms. The van der Waals surface area contributed by atoms with Gasteiger partial charge in [0.2, 0.25) is 0 Å². The standard InChI is InChI=1S/C16H21N/c1-2-9-16-14(6-1)7-5-8-15(16)10-13-17-11-3-4-12-17/h5,7-8,10,13H,1-4,6,9,11-12H2. The minimum absolute atomic E-state index is 1.24. The Labute approximate surface area is 104 Å². The normalized spacial score (nSPS) is 19.9. The number of rotatable bonds is 2. The topological polar surface area (TPSA) is 3.24 Å². The summed E-state index contributed by atoms with van der Waals surface area (Å²) in [5, 5.41) is 0. The van der Waals surface area contributed by atoms with Crippen molar-refractivity contribution >= 4 is 6.08 Å². The van der Waals surface area contributed by atoms with Gasteiger partial charge in [-0.1, -0.05) is 18.2 Å². The van der Waals surface area contributed by atoms with Gasteiger partial charge < -0.3 is 4.90 Å². The van der Waals surface area contributed by atoms with Crippen molar-refractivity contribution in [2.75, 3.05) is 13.1 Å². The van der Waals surface area contributed by atoms with Crippen LogP contribution in [0, 0.1) is 0 Å². The molecule has 1 aliphatic carbocycles. The molecule has 3 rings (SSSR count). The van der Waals surface area contributed by atoms with Crippen molar-refractivity contribution in [3.63, 3.8) is 0 Å². The van der Waals surface area contributed by atoms with E-state index in [0.29, 0.717) is 0 Å². The first kappa shape index (κ1) is 10.9. The summed E-state index contributed by atoms with van der Waals surface area (Å²) >= 11 is 0. The monoisotopic (exact) mass is 227 g/mol. The van der Waals surface area contributed by atoms with Gasteiger partial charge in [0, 0.05) is 13.1 Å². The fraction of sp³-hybridized carbons (Fsp3) is 0.500. The van der Waals surface area contributed by atoms with E-state index in [1.54, 1.807) is 11.1 Å². The maximum atomic E-state index is 2.45. The third-order valence-corrected chi connectivity index (χ3v) is 4.04. The Balaban J connectivity index is 1.82. The number of nitrogens with zero attached hydrogens (tertiary/aromatic N) is 1. The molecule has 1 saturated heterocycles. The Morgan fingerprint density at radius 1 is 0.941 bits per heavy atom. The highest BCUT2D eigenvalue weighted by Crippen LogP contribution is 2.25. The molecule has 1 aliphatic heterocycles. The van der Waals surface area contributed by atoms with E-state index >= 15 is 0 Å². The summed E-state index contributed by atoms with van der Waals surface area (Å²) in [6.07, 6.45) is 12.6. The lowest BCUT2D eigenvalue weighted by Crippen LogP contribution is -2.10. The number of fused-ring (bicyclic) bond motifs is 1. The van der Waals surface area contributed by atoms with Gasteiger partial charge in [0.1, 0.15) is 0 Å². The van der Waals surface area contributed by atoms with Gasteiger partial charge in [0.15, 0.2) is 0 Å². The van der Waals surface area contributed by atoms with E-state index in [0.717, 1.165) is 0 Å². The first-order valence-corrected chi connectivity index (χ1v) is 6.96. The van der Waals surface area contributed by atoms with Crippen LogP contribution in [0.2, 0.25) is 0 Å². The van der Waals surface area contributed by atoms with Gasteiger partial charge in [-0.05, 0) is 67.5 Å². The summed E-state index contributed by atoms with van der Waals surface area (Å²) in [4.78, 5) is 2.45. The molecule has 0 amide bonds. The smallest absolute Gasteiger partial charge is 0.0173 e. The largest absolute Gasteiger partial charge is 0.377 e. The van der Waals surface area contributed by atoms with E-state index in [2.05, 4.69) is 35.4 Å². The molecule has 0 saturated carbocycles. The quantitative estimate of drug-likeness (QED) is 0.745. The first-order valence-electron chi connectivity index (χ1n) is 6.96. The van der Waals surface area contributed by atoms with Gasteiger partial charge >= 0.3 is 0 Å². The highest BCUT2D eigenvalue weighted by Gasteiger charge is 2.12. The zero-order valence-electron chi connectivity index (χ0n) is 10.5. The Hall–Kier alpha value is -1.24. The van der Waals surface area contributed by atoms with Crippen LogP contribution in [0.1, 0.15) is 42.4 Å². The molecule has 2 aliphatic rings. The summed E-state index contributed by atoms with van der Waals surface area (Å²) in [6, 6.07) is 6.80. The highest BCUT2D eigenvalue weighted by molar-refractivity contribution is 5.56. The summed E-state index contributed by atoms with van der Waals surface area (Å²) < 4.78 is 0. The average Bonchev–Trinajstić information content (AvgIpc) is 2.89.